The summed E-state index contributed by atoms with van der Waals surface area (Å²) >= 11 is 0. The molecule has 1 aromatic carbocycles. The molecule has 2 aromatic rings. The zero-order valence-corrected chi connectivity index (χ0v) is 15.1. The monoisotopic (exact) mass is 350 g/mol. The minimum Gasteiger partial charge on any atom is -0.410 e. The van der Waals surface area contributed by atoms with E-state index in [9.17, 15) is 4.79 Å². The van der Waals surface area contributed by atoms with Gasteiger partial charge in [0.2, 0.25) is 0 Å². The van der Waals surface area contributed by atoms with Crippen molar-refractivity contribution in [2.45, 2.75) is 19.8 Å². The SMILES string of the molecule is CC(C)c1ccc(OC(=O)N2CCN(c3ccc(C#N)cn3)CC2)cc1. The van der Waals surface area contributed by atoms with Crippen molar-refractivity contribution < 1.29 is 9.53 Å². The predicted octanol–water partition coefficient (Wildman–Crippen LogP) is 3.40. The highest BCUT2D eigenvalue weighted by Crippen LogP contribution is 2.20. The molecule has 6 nitrogen and oxygen atoms in total. The molecule has 1 saturated heterocycles. The smallest absolute Gasteiger partial charge is 0.410 e. The van der Waals surface area contributed by atoms with Crippen molar-refractivity contribution in [2.75, 3.05) is 31.1 Å². The molecule has 134 valence electrons. The number of pyridine rings is 1. The van der Waals surface area contributed by atoms with Crippen molar-refractivity contribution in [3.63, 3.8) is 0 Å². The zero-order chi connectivity index (χ0) is 18.5. The van der Waals surface area contributed by atoms with E-state index in [0.717, 1.165) is 5.82 Å². The van der Waals surface area contributed by atoms with Gasteiger partial charge in [0, 0.05) is 32.4 Å². The number of carbonyl (C=O) groups is 1. The third-order valence-electron chi connectivity index (χ3n) is 4.49. The summed E-state index contributed by atoms with van der Waals surface area (Å²) < 4.78 is 5.48. The Morgan fingerprint density at radius 1 is 1.12 bits per heavy atom. The van der Waals surface area contributed by atoms with Gasteiger partial charge >= 0.3 is 6.09 Å². The third-order valence-corrected chi connectivity index (χ3v) is 4.49. The quantitative estimate of drug-likeness (QED) is 0.848. The summed E-state index contributed by atoms with van der Waals surface area (Å²) in [4.78, 5) is 20.5. The minimum absolute atomic E-state index is 0.324. The fraction of sp³-hybridized carbons (Fsp3) is 0.350. The molecule has 0 radical (unpaired) electrons. The number of hydrogen-bond acceptors (Lipinski definition) is 5. The van der Waals surface area contributed by atoms with E-state index in [0.29, 0.717) is 43.4 Å². The first-order valence-corrected chi connectivity index (χ1v) is 8.74. The van der Waals surface area contributed by atoms with E-state index < -0.39 is 0 Å². The molecular weight excluding hydrogens is 328 g/mol. The zero-order valence-electron chi connectivity index (χ0n) is 15.1. The minimum atomic E-state index is -0.324. The van der Waals surface area contributed by atoms with Crippen LogP contribution >= 0.6 is 0 Å². The molecule has 1 amide bonds. The molecule has 0 atom stereocenters. The predicted molar refractivity (Wildman–Crippen MR) is 99.3 cm³/mol. The molecule has 0 bridgehead atoms. The Labute approximate surface area is 153 Å². The van der Waals surface area contributed by atoms with E-state index in [-0.39, 0.29) is 6.09 Å². The van der Waals surface area contributed by atoms with Crippen molar-refractivity contribution in [3.05, 3.63) is 53.7 Å². The Balaban J connectivity index is 1.53. The maximum Gasteiger partial charge on any atom is 0.415 e. The topological polar surface area (TPSA) is 69.5 Å². The number of nitrogens with zero attached hydrogens (tertiary/aromatic N) is 4. The van der Waals surface area contributed by atoms with Crippen LogP contribution < -0.4 is 9.64 Å². The van der Waals surface area contributed by atoms with Crippen LogP contribution in [0.15, 0.2) is 42.6 Å². The largest absolute Gasteiger partial charge is 0.415 e. The molecule has 1 fully saturated rings. The van der Waals surface area contributed by atoms with E-state index in [2.05, 4.69) is 29.8 Å². The standard InChI is InChI=1S/C20H22N4O2/c1-15(2)17-4-6-18(7-5-17)26-20(25)24-11-9-23(10-12-24)19-8-3-16(13-21)14-22-19/h3-8,14-15H,9-12H2,1-2H3. The van der Waals surface area contributed by atoms with E-state index in [1.165, 1.54) is 5.56 Å². The maximum absolute atomic E-state index is 12.3. The molecule has 0 aliphatic carbocycles. The normalized spacial score (nSPS) is 14.2. The van der Waals surface area contributed by atoms with Crippen LogP contribution in [0.25, 0.3) is 0 Å². The second-order valence-electron chi connectivity index (χ2n) is 6.58. The van der Waals surface area contributed by atoms with Crippen molar-refractivity contribution in [2.24, 2.45) is 0 Å². The second-order valence-corrected chi connectivity index (χ2v) is 6.58. The number of piperazine rings is 1. The Bertz CT molecular complexity index is 786. The van der Waals surface area contributed by atoms with Gasteiger partial charge in [-0.2, -0.15) is 5.26 Å². The van der Waals surface area contributed by atoms with Crippen molar-refractivity contribution >= 4 is 11.9 Å². The average molecular weight is 350 g/mol. The molecule has 26 heavy (non-hydrogen) atoms. The van der Waals surface area contributed by atoms with Crippen LogP contribution in [0.5, 0.6) is 5.75 Å². The van der Waals surface area contributed by atoms with Gasteiger partial charge < -0.3 is 14.5 Å². The first-order chi connectivity index (χ1) is 12.6. The van der Waals surface area contributed by atoms with Crippen LogP contribution in [0.2, 0.25) is 0 Å². The van der Waals surface area contributed by atoms with Gasteiger partial charge in [0.05, 0.1) is 5.56 Å². The molecule has 6 heteroatoms. The van der Waals surface area contributed by atoms with Gasteiger partial charge in [0.25, 0.3) is 0 Å². The number of aromatic nitrogens is 1. The van der Waals surface area contributed by atoms with Crippen LogP contribution in [-0.2, 0) is 0 Å². The van der Waals surface area contributed by atoms with Gasteiger partial charge in [-0.25, -0.2) is 9.78 Å². The molecule has 3 rings (SSSR count). The number of amides is 1. The summed E-state index contributed by atoms with van der Waals surface area (Å²) in [7, 11) is 0. The van der Waals surface area contributed by atoms with Crippen LogP contribution in [0.4, 0.5) is 10.6 Å². The number of benzene rings is 1. The molecule has 0 spiro atoms. The van der Waals surface area contributed by atoms with E-state index in [1.807, 2.05) is 30.3 Å². The molecule has 1 aliphatic rings. The van der Waals surface area contributed by atoms with E-state index in [1.54, 1.807) is 17.2 Å². The van der Waals surface area contributed by atoms with Crippen molar-refractivity contribution in [3.8, 4) is 11.8 Å². The van der Waals surface area contributed by atoms with Gasteiger partial charge in [-0.15, -0.1) is 0 Å². The molecule has 2 heterocycles. The van der Waals surface area contributed by atoms with E-state index >= 15 is 0 Å². The summed E-state index contributed by atoms with van der Waals surface area (Å²) in [6, 6.07) is 13.3. The average Bonchev–Trinajstić information content (AvgIpc) is 2.68. The number of anilines is 1. The lowest BCUT2D eigenvalue weighted by molar-refractivity contribution is 0.149. The molecule has 1 aliphatic heterocycles. The highest BCUT2D eigenvalue weighted by molar-refractivity contribution is 5.71. The highest BCUT2D eigenvalue weighted by atomic mass is 16.6. The van der Waals surface area contributed by atoms with Crippen LogP contribution in [0.3, 0.4) is 0 Å². The summed E-state index contributed by atoms with van der Waals surface area (Å²) in [6.07, 6.45) is 1.24. The Hall–Kier alpha value is -3.07. The first-order valence-electron chi connectivity index (χ1n) is 8.74. The van der Waals surface area contributed by atoms with Crippen LogP contribution in [-0.4, -0.2) is 42.2 Å². The number of ether oxygens (including phenoxy) is 1. The maximum atomic E-state index is 12.3. The Kier molecular flexibility index (Phi) is 5.37. The fourth-order valence-electron chi connectivity index (χ4n) is 2.84. The lowest BCUT2D eigenvalue weighted by atomic mass is 10.0. The van der Waals surface area contributed by atoms with Crippen molar-refractivity contribution in [1.82, 2.24) is 9.88 Å². The fourth-order valence-corrected chi connectivity index (χ4v) is 2.84. The summed E-state index contributed by atoms with van der Waals surface area (Å²) in [6.45, 7) is 6.77. The van der Waals surface area contributed by atoms with Gasteiger partial charge in [-0.1, -0.05) is 26.0 Å². The Morgan fingerprint density at radius 2 is 1.81 bits per heavy atom. The van der Waals surface area contributed by atoms with Crippen LogP contribution in [0.1, 0.15) is 30.9 Å². The second kappa shape index (κ2) is 7.87. The summed E-state index contributed by atoms with van der Waals surface area (Å²) in [5.41, 5.74) is 1.76. The highest BCUT2D eigenvalue weighted by Gasteiger charge is 2.23. The summed E-state index contributed by atoms with van der Waals surface area (Å²) in [5, 5.41) is 8.84. The van der Waals surface area contributed by atoms with Gasteiger partial charge in [0.15, 0.2) is 0 Å². The molecule has 0 saturated carbocycles. The lowest BCUT2D eigenvalue weighted by Crippen LogP contribution is -2.49. The third kappa shape index (κ3) is 4.12. The molecular formula is C20H22N4O2. The van der Waals surface area contributed by atoms with E-state index in [4.69, 9.17) is 10.00 Å². The number of rotatable bonds is 3. The number of nitriles is 1. The molecule has 1 aromatic heterocycles. The van der Waals surface area contributed by atoms with Gasteiger partial charge in [-0.05, 0) is 35.7 Å². The first kappa shape index (κ1) is 17.7. The summed E-state index contributed by atoms with van der Waals surface area (Å²) in [5.74, 6) is 1.83. The molecule has 0 N–H and O–H groups in total. The Morgan fingerprint density at radius 3 is 2.35 bits per heavy atom. The lowest BCUT2D eigenvalue weighted by Gasteiger charge is -2.34. The van der Waals surface area contributed by atoms with Gasteiger partial charge in [-0.3, -0.25) is 0 Å². The van der Waals surface area contributed by atoms with Crippen molar-refractivity contribution in [1.29, 1.82) is 5.26 Å². The number of carbonyl (C=O) groups excluding carboxylic acids is 1. The van der Waals surface area contributed by atoms with Crippen LogP contribution in [0, 0.1) is 11.3 Å². The van der Waals surface area contributed by atoms with Gasteiger partial charge in [0.1, 0.15) is 17.6 Å². The number of hydrogen-bond donors (Lipinski definition) is 0. The molecule has 0 unspecified atom stereocenters.